The molecule has 8 heteroatoms. The zero-order valence-corrected chi connectivity index (χ0v) is 18.5. The smallest absolute Gasteiger partial charge is 0.344 e. The number of nitrogens with zero attached hydrogens (tertiary/aromatic N) is 2. The van der Waals surface area contributed by atoms with Crippen LogP contribution in [0.3, 0.4) is 0 Å². The first-order chi connectivity index (χ1) is 15.0. The molecule has 0 unspecified atom stereocenters. The monoisotopic (exact) mass is 440 g/mol. The molecule has 2 aromatic carbocycles. The van der Waals surface area contributed by atoms with Crippen LogP contribution in [0.25, 0.3) is 0 Å². The summed E-state index contributed by atoms with van der Waals surface area (Å²) in [5.41, 5.74) is 2.33. The second kappa shape index (κ2) is 10.6. The van der Waals surface area contributed by atoms with Crippen molar-refractivity contribution in [3.63, 3.8) is 0 Å². The molecule has 0 aliphatic heterocycles. The van der Waals surface area contributed by atoms with Gasteiger partial charge in [0.15, 0.2) is 11.7 Å². The summed E-state index contributed by atoms with van der Waals surface area (Å²) in [5.74, 6) is 0.469. The van der Waals surface area contributed by atoms with Gasteiger partial charge in [-0.1, -0.05) is 31.2 Å². The average Bonchev–Trinajstić information content (AvgIpc) is 3.25. The van der Waals surface area contributed by atoms with Crippen molar-refractivity contribution in [1.82, 2.24) is 4.98 Å². The fourth-order valence-electron chi connectivity index (χ4n) is 2.85. The first-order valence-corrected chi connectivity index (χ1v) is 10.6. The Bertz CT molecular complexity index is 1030. The van der Waals surface area contributed by atoms with Crippen molar-refractivity contribution >= 4 is 34.0 Å². The molecule has 0 fully saturated rings. The highest BCUT2D eigenvalue weighted by molar-refractivity contribution is 7.14. The lowest BCUT2D eigenvalue weighted by molar-refractivity contribution is -0.147. The molecule has 0 atom stereocenters. The van der Waals surface area contributed by atoms with Gasteiger partial charge in [-0.25, -0.2) is 9.78 Å². The Balaban J connectivity index is 1.59. The predicted molar refractivity (Wildman–Crippen MR) is 119 cm³/mol. The quantitative estimate of drug-likeness (QED) is 0.455. The number of rotatable bonds is 9. The molecule has 0 aliphatic rings. The van der Waals surface area contributed by atoms with E-state index in [1.54, 1.807) is 24.6 Å². The third-order valence-electron chi connectivity index (χ3n) is 4.44. The van der Waals surface area contributed by atoms with Crippen LogP contribution in [0.2, 0.25) is 0 Å². The van der Waals surface area contributed by atoms with Crippen molar-refractivity contribution in [2.24, 2.45) is 0 Å². The van der Waals surface area contributed by atoms with Crippen molar-refractivity contribution in [1.29, 1.82) is 0 Å². The Morgan fingerprint density at radius 1 is 1.10 bits per heavy atom. The minimum atomic E-state index is -0.498. The van der Waals surface area contributed by atoms with Gasteiger partial charge >= 0.3 is 5.97 Å². The van der Waals surface area contributed by atoms with Crippen LogP contribution in [-0.2, 0) is 27.4 Å². The molecular formula is C23H24N2O5S. The summed E-state index contributed by atoms with van der Waals surface area (Å²) in [6, 6.07) is 14.8. The lowest BCUT2D eigenvalue weighted by Gasteiger charge is -2.20. The molecule has 0 aliphatic carbocycles. The van der Waals surface area contributed by atoms with Crippen LogP contribution in [-0.4, -0.2) is 30.6 Å². The van der Waals surface area contributed by atoms with Gasteiger partial charge in [-0.05, 0) is 36.2 Å². The summed E-state index contributed by atoms with van der Waals surface area (Å²) >= 11 is 1.28. The number of hydrogen-bond acceptors (Lipinski definition) is 7. The third-order valence-corrected chi connectivity index (χ3v) is 5.32. The van der Waals surface area contributed by atoms with E-state index in [9.17, 15) is 9.59 Å². The number of anilines is 2. The first kappa shape index (κ1) is 22.3. The normalized spacial score (nSPS) is 10.4. The molecule has 162 valence electrons. The van der Waals surface area contributed by atoms with Crippen LogP contribution in [0.15, 0.2) is 53.9 Å². The molecule has 1 amide bonds. The van der Waals surface area contributed by atoms with Gasteiger partial charge < -0.3 is 14.2 Å². The molecule has 7 nitrogen and oxygen atoms in total. The highest BCUT2D eigenvalue weighted by Crippen LogP contribution is 2.35. The summed E-state index contributed by atoms with van der Waals surface area (Å²) in [7, 11) is 1.55. The van der Waals surface area contributed by atoms with Gasteiger partial charge in [0.25, 0.3) is 0 Å². The molecule has 3 aromatic rings. The molecule has 1 aromatic heterocycles. The number of amides is 1. The van der Waals surface area contributed by atoms with Gasteiger partial charge in [0, 0.05) is 12.3 Å². The van der Waals surface area contributed by atoms with Crippen LogP contribution >= 0.6 is 11.3 Å². The zero-order valence-electron chi connectivity index (χ0n) is 17.7. The van der Waals surface area contributed by atoms with Crippen LogP contribution in [0.1, 0.15) is 25.1 Å². The SMILES string of the molecule is CCc1ccc(OCC(=O)OCc2csc(N(C(C)=O)c3ccccc3OC)n2)cc1. The van der Waals surface area contributed by atoms with Crippen molar-refractivity contribution in [3.05, 3.63) is 65.2 Å². The Morgan fingerprint density at radius 3 is 2.52 bits per heavy atom. The molecule has 0 saturated heterocycles. The molecule has 31 heavy (non-hydrogen) atoms. The maximum atomic E-state index is 12.3. The van der Waals surface area contributed by atoms with E-state index in [1.807, 2.05) is 36.4 Å². The number of benzene rings is 2. The van der Waals surface area contributed by atoms with Crippen molar-refractivity contribution in [3.8, 4) is 11.5 Å². The second-order valence-corrected chi connectivity index (χ2v) is 7.43. The Labute approximate surface area is 185 Å². The highest BCUT2D eigenvalue weighted by Gasteiger charge is 2.21. The van der Waals surface area contributed by atoms with E-state index in [4.69, 9.17) is 14.2 Å². The fraction of sp³-hybridized carbons (Fsp3) is 0.261. The lowest BCUT2D eigenvalue weighted by atomic mass is 10.2. The molecule has 0 spiro atoms. The number of para-hydroxylation sites is 2. The van der Waals surface area contributed by atoms with Crippen molar-refractivity contribution < 1.29 is 23.8 Å². The first-order valence-electron chi connectivity index (χ1n) is 9.77. The van der Waals surface area contributed by atoms with Crippen LogP contribution in [0.4, 0.5) is 10.8 Å². The van der Waals surface area contributed by atoms with Crippen molar-refractivity contribution in [2.75, 3.05) is 18.6 Å². The third kappa shape index (κ3) is 5.82. The topological polar surface area (TPSA) is 78.0 Å². The Hall–Kier alpha value is -3.39. The number of ether oxygens (including phenoxy) is 3. The summed E-state index contributed by atoms with van der Waals surface area (Å²) in [4.78, 5) is 30.2. The summed E-state index contributed by atoms with van der Waals surface area (Å²) in [6.45, 7) is 3.33. The van der Waals surface area contributed by atoms with Gasteiger partial charge in [-0.3, -0.25) is 9.69 Å². The molecular weight excluding hydrogens is 416 g/mol. The fourth-order valence-corrected chi connectivity index (χ4v) is 3.71. The summed E-state index contributed by atoms with van der Waals surface area (Å²) in [5, 5.41) is 2.22. The largest absolute Gasteiger partial charge is 0.495 e. The zero-order chi connectivity index (χ0) is 22.2. The van der Waals surface area contributed by atoms with E-state index in [0.29, 0.717) is 28.0 Å². The molecule has 0 saturated carbocycles. The summed E-state index contributed by atoms with van der Waals surface area (Å²) < 4.78 is 16.1. The molecule has 0 radical (unpaired) electrons. The van der Waals surface area contributed by atoms with Crippen molar-refractivity contribution in [2.45, 2.75) is 26.9 Å². The van der Waals surface area contributed by atoms with E-state index in [1.165, 1.54) is 28.7 Å². The van der Waals surface area contributed by atoms with Crippen LogP contribution < -0.4 is 14.4 Å². The number of methoxy groups -OCH3 is 1. The number of thiazole rings is 1. The Morgan fingerprint density at radius 2 is 1.84 bits per heavy atom. The van der Waals surface area contributed by atoms with E-state index >= 15 is 0 Å². The standard InChI is InChI=1S/C23H24N2O5S/c1-4-17-9-11-19(12-10-17)29-14-22(27)30-13-18-15-31-23(24-18)25(16(2)26)20-7-5-6-8-21(20)28-3/h5-12,15H,4,13-14H2,1-3H3. The number of aryl methyl sites for hydroxylation is 1. The average molecular weight is 441 g/mol. The van der Waals surface area contributed by atoms with Gasteiger partial charge in [0.2, 0.25) is 5.91 Å². The van der Waals surface area contributed by atoms with Crippen LogP contribution in [0.5, 0.6) is 11.5 Å². The van der Waals surface area contributed by atoms with E-state index in [2.05, 4.69) is 11.9 Å². The minimum absolute atomic E-state index is 0.00879. The number of aromatic nitrogens is 1. The van der Waals surface area contributed by atoms with Gasteiger partial charge in [-0.15, -0.1) is 11.3 Å². The van der Waals surface area contributed by atoms with E-state index in [0.717, 1.165) is 6.42 Å². The summed E-state index contributed by atoms with van der Waals surface area (Å²) in [6.07, 6.45) is 0.941. The van der Waals surface area contributed by atoms with Gasteiger partial charge in [-0.2, -0.15) is 0 Å². The molecule has 3 rings (SSSR count). The second-order valence-electron chi connectivity index (χ2n) is 6.59. The van der Waals surface area contributed by atoms with Gasteiger partial charge in [0.05, 0.1) is 18.5 Å². The Kier molecular flexibility index (Phi) is 7.61. The molecule has 0 bridgehead atoms. The number of carbonyl (C=O) groups excluding carboxylic acids is 2. The molecule has 0 N–H and O–H groups in total. The number of carbonyl (C=O) groups is 2. The lowest BCUT2D eigenvalue weighted by Crippen LogP contribution is -2.23. The predicted octanol–water partition coefficient (Wildman–Crippen LogP) is 4.52. The number of hydrogen-bond donors (Lipinski definition) is 0. The molecule has 1 heterocycles. The number of esters is 1. The maximum absolute atomic E-state index is 12.3. The van der Waals surface area contributed by atoms with E-state index in [-0.39, 0.29) is 19.1 Å². The van der Waals surface area contributed by atoms with Gasteiger partial charge in [0.1, 0.15) is 18.1 Å². The minimum Gasteiger partial charge on any atom is -0.495 e. The van der Waals surface area contributed by atoms with E-state index < -0.39 is 5.97 Å². The highest BCUT2D eigenvalue weighted by atomic mass is 32.1. The van der Waals surface area contributed by atoms with Crippen LogP contribution in [0, 0.1) is 0 Å². The maximum Gasteiger partial charge on any atom is 0.344 e.